The molecule has 0 aliphatic carbocycles. The van der Waals surface area contributed by atoms with E-state index in [0.29, 0.717) is 0 Å². The van der Waals surface area contributed by atoms with Gasteiger partial charge in [-0.05, 0) is 18.8 Å². The third-order valence-electron chi connectivity index (χ3n) is 4.96. The van der Waals surface area contributed by atoms with Gasteiger partial charge < -0.3 is 0 Å². The molecule has 0 saturated carbocycles. The van der Waals surface area contributed by atoms with Gasteiger partial charge in [0.2, 0.25) is 0 Å². The Morgan fingerprint density at radius 3 is 1.61 bits per heavy atom. The Bertz CT molecular complexity index is 267. The third kappa shape index (κ3) is 17.7. The van der Waals surface area contributed by atoms with Crippen LogP contribution in [0.1, 0.15) is 130 Å². The molecule has 0 nitrogen and oxygen atoms in total. The summed E-state index contributed by atoms with van der Waals surface area (Å²) < 4.78 is 0. The maximum Gasteiger partial charge on any atom is 0.0117 e. The fourth-order valence-electron chi connectivity index (χ4n) is 3.12. The first-order valence-corrected chi connectivity index (χ1v) is 10.8. The van der Waals surface area contributed by atoms with Crippen LogP contribution in [0.15, 0.2) is 0 Å². The van der Waals surface area contributed by atoms with E-state index in [1.807, 2.05) is 0 Å². The van der Waals surface area contributed by atoms with Crippen LogP contribution in [0.3, 0.4) is 0 Å². The maximum absolute atomic E-state index is 3.41. The topological polar surface area (TPSA) is 0 Å². The highest BCUT2D eigenvalue weighted by molar-refractivity contribution is 4.99. The van der Waals surface area contributed by atoms with Crippen LogP contribution in [-0.2, 0) is 0 Å². The second-order valence-electron chi connectivity index (χ2n) is 7.26. The molecule has 0 radical (unpaired) electrons. The van der Waals surface area contributed by atoms with Crippen molar-refractivity contribution in [1.82, 2.24) is 0 Å². The van der Waals surface area contributed by atoms with Gasteiger partial charge in [-0.25, -0.2) is 0 Å². The van der Waals surface area contributed by atoms with Crippen LogP contribution in [-0.4, -0.2) is 0 Å². The van der Waals surface area contributed by atoms with Gasteiger partial charge in [0.1, 0.15) is 0 Å². The largest absolute Gasteiger partial charge is 0.103 e. The maximum atomic E-state index is 3.41. The molecular weight excluding hydrogens is 276 g/mol. The van der Waals surface area contributed by atoms with E-state index in [-0.39, 0.29) is 0 Å². The summed E-state index contributed by atoms with van der Waals surface area (Å²) in [6, 6.07) is 0. The first-order valence-electron chi connectivity index (χ1n) is 10.8. The summed E-state index contributed by atoms with van der Waals surface area (Å²) in [6.45, 7) is 6.86. The van der Waals surface area contributed by atoms with Crippen LogP contribution in [0.5, 0.6) is 0 Å². The molecule has 23 heavy (non-hydrogen) atoms. The van der Waals surface area contributed by atoms with Crippen LogP contribution in [0.2, 0.25) is 0 Å². The van der Waals surface area contributed by atoms with Gasteiger partial charge in [0.05, 0.1) is 0 Å². The number of hydrogen-bond donors (Lipinski definition) is 0. The monoisotopic (exact) mass is 320 g/mol. The molecule has 0 aromatic heterocycles. The second-order valence-corrected chi connectivity index (χ2v) is 7.26. The van der Waals surface area contributed by atoms with E-state index in [1.165, 1.54) is 96.3 Å². The minimum Gasteiger partial charge on any atom is -0.103 e. The normalized spacial score (nSPS) is 12.0. The van der Waals surface area contributed by atoms with Gasteiger partial charge in [0, 0.05) is 12.8 Å². The molecule has 0 aliphatic heterocycles. The van der Waals surface area contributed by atoms with Gasteiger partial charge >= 0.3 is 0 Å². The Morgan fingerprint density at radius 1 is 0.565 bits per heavy atom. The Hall–Kier alpha value is -0.440. The van der Waals surface area contributed by atoms with Gasteiger partial charge in [0.25, 0.3) is 0 Å². The Balaban J connectivity index is 3.35. The van der Waals surface area contributed by atoms with Crippen molar-refractivity contribution in [2.45, 2.75) is 130 Å². The smallest absolute Gasteiger partial charge is 0.0117 e. The average molecular weight is 321 g/mol. The van der Waals surface area contributed by atoms with Crippen molar-refractivity contribution in [2.75, 3.05) is 0 Å². The lowest BCUT2D eigenvalue weighted by atomic mass is 9.95. The molecule has 0 aromatic carbocycles. The summed E-state index contributed by atoms with van der Waals surface area (Å²) >= 11 is 0. The van der Waals surface area contributed by atoms with Crippen molar-refractivity contribution in [2.24, 2.45) is 5.92 Å². The zero-order valence-electron chi connectivity index (χ0n) is 16.6. The summed E-state index contributed by atoms with van der Waals surface area (Å²) in [7, 11) is 0. The highest BCUT2D eigenvalue weighted by Gasteiger charge is 2.03. The molecule has 0 saturated heterocycles. The van der Waals surface area contributed by atoms with Crippen LogP contribution in [0.4, 0.5) is 0 Å². The molecule has 0 heterocycles. The molecule has 136 valence electrons. The second kappa shape index (κ2) is 19.6. The van der Waals surface area contributed by atoms with Gasteiger partial charge in [0.15, 0.2) is 0 Å². The summed E-state index contributed by atoms with van der Waals surface area (Å²) in [6.07, 6.45) is 23.4. The quantitative estimate of drug-likeness (QED) is 0.198. The highest BCUT2D eigenvalue weighted by atomic mass is 14.1. The molecule has 0 amide bonds. The van der Waals surface area contributed by atoms with E-state index in [2.05, 4.69) is 32.6 Å². The lowest BCUT2D eigenvalue weighted by Crippen LogP contribution is -1.97. The zero-order chi connectivity index (χ0) is 17.0. The first kappa shape index (κ1) is 22.6. The standard InChI is InChI=1S/C23H44/c1-4-7-9-11-12-13-14-15-16-18-20-22-23(6-3)21-19-17-10-8-5-2/h23H,4-16,18,20-22H2,1-3H3. The number of unbranched alkanes of at least 4 members (excludes halogenated alkanes) is 12. The fourth-order valence-corrected chi connectivity index (χ4v) is 3.12. The molecule has 0 aromatic rings. The van der Waals surface area contributed by atoms with E-state index < -0.39 is 0 Å². The molecule has 0 aliphatic rings. The average Bonchev–Trinajstić information content (AvgIpc) is 2.57. The molecule has 0 bridgehead atoms. The van der Waals surface area contributed by atoms with E-state index in [4.69, 9.17) is 0 Å². The predicted octanol–water partition coefficient (Wildman–Crippen LogP) is 8.30. The third-order valence-corrected chi connectivity index (χ3v) is 4.96. The van der Waals surface area contributed by atoms with Crippen molar-refractivity contribution >= 4 is 0 Å². The van der Waals surface area contributed by atoms with Gasteiger partial charge in [-0.3, -0.25) is 0 Å². The molecule has 0 rings (SSSR count). The summed E-state index contributed by atoms with van der Waals surface area (Å²) in [5, 5.41) is 0. The summed E-state index contributed by atoms with van der Waals surface area (Å²) in [5.41, 5.74) is 0. The molecule has 0 N–H and O–H groups in total. The van der Waals surface area contributed by atoms with Gasteiger partial charge in [-0.15, -0.1) is 11.8 Å². The van der Waals surface area contributed by atoms with E-state index in [1.54, 1.807) is 0 Å². The number of rotatable bonds is 16. The van der Waals surface area contributed by atoms with Crippen LogP contribution < -0.4 is 0 Å². The van der Waals surface area contributed by atoms with Crippen molar-refractivity contribution < 1.29 is 0 Å². The zero-order valence-corrected chi connectivity index (χ0v) is 16.6. The Kier molecular flexibility index (Phi) is 19.2. The minimum atomic E-state index is 0.850. The lowest BCUT2D eigenvalue weighted by Gasteiger charge is -2.11. The minimum absolute atomic E-state index is 0.850. The summed E-state index contributed by atoms with van der Waals surface area (Å²) in [5.74, 6) is 7.60. The van der Waals surface area contributed by atoms with Crippen molar-refractivity contribution in [3.05, 3.63) is 0 Å². The van der Waals surface area contributed by atoms with Crippen molar-refractivity contribution in [1.29, 1.82) is 0 Å². The van der Waals surface area contributed by atoms with Gasteiger partial charge in [-0.1, -0.05) is 104 Å². The van der Waals surface area contributed by atoms with E-state index in [0.717, 1.165) is 18.8 Å². The molecule has 0 fully saturated rings. The van der Waals surface area contributed by atoms with Crippen LogP contribution >= 0.6 is 0 Å². The van der Waals surface area contributed by atoms with E-state index >= 15 is 0 Å². The molecule has 0 spiro atoms. The lowest BCUT2D eigenvalue weighted by molar-refractivity contribution is 0.445. The van der Waals surface area contributed by atoms with Crippen molar-refractivity contribution in [3.63, 3.8) is 0 Å². The number of hydrogen-bond acceptors (Lipinski definition) is 0. The highest BCUT2D eigenvalue weighted by Crippen LogP contribution is 2.18. The Morgan fingerprint density at radius 2 is 1.09 bits per heavy atom. The van der Waals surface area contributed by atoms with Crippen LogP contribution in [0.25, 0.3) is 0 Å². The summed E-state index contributed by atoms with van der Waals surface area (Å²) in [4.78, 5) is 0. The molecular formula is C23H44. The van der Waals surface area contributed by atoms with Crippen LogP contribution in [0, 0.1) is 17.8 Å². The SMILES string of the molecule is CCCCC#CCC(CC)CCCCCCCCCCCCC. The van der Waals surface area contributed by atoms with Crippen molar-refractivity contribution in [3.8, 4) is 11.8 Å². The predicted molar refractivity (Wildman–Crippen MR) is 107 cm³/mol. The molecule has 0 heteroatoms. The van der Waals surface area contributed by atoms with E-state index in [9.17, 15) is 0 Å². The molecule has 1 unspecified atom stereocenters. The molecule has 1 atom stereocenters. The first-order chi connectivity index (χ1) is 11.3. The fraction of sp³-hybridized carbons (Fsp3) is 0.913. The van der Waals surface area contributed by atoms with Gasteiger partial charge in [-0.2, -0.15) is 0 Å². The Labute approximate surface area is 148 Å².